The Bertz CT molecular complexity index is 1110. The van der Waals surface area contributed by atoms with Crippen molar-refractivity contribution in [1.82, 2.24) is 9.62 Å². The highest BCUT2D eigenvalue weighted by molar-refractivity contribution is 7.88. The van der Waals surface area contributed by atoms with E-state index in [-0.39, 0.29) is 40.2 Å². The van der Waals surface area contributed by atoms with Crippen LogP contribution in [0, 0.1) is 0 Å². The number of carbonyl (C=O) groups excluding carboxylic acids is 1. The smallest absolute Gasteiger partial charge is 0.238 e. The average molecular weight is 516 g/mol. The lowest BCUT2D eigenvalue weighted by atomic mass is 10.0. The van der Waals surface area contributed by atoms with Gasteiger partial charge in [-0.15, -0.1) is 0 Å². The summed E-state index contributed by atoms with van der Waals surface area (Å²) >= 11 is 12.8. The van der Waals surface area contributed by atoms with Crippen LogP contribution in [0.15, 0.2) is 30.3 Å². The third-order valence-corrected chi connectivity index (χ3v) is 6.35. The number of methoxy groups -OCH3 is 1. The first kappa shape index (κ1) is 25.6. The van der Waals surface area contributed by atoms with Crippen LogP contribution >= 0.6 is 23.2 Å². The van der Waals surface area contributed by atoms with Crippen LogP contribution in [-0.4, -0.2) is 58.3 Å². The van der Waals surface area contributed by atoms with Crippen LogP contribution in [0.2, 0.25) is 10.0 Å². The maximum Gasteiger partial charge on any atom is 0.238 e. The van der Waals surface area contributed by atoms with Crippen LogP contribution in [-0.2, 0) is 14.8 Å². The van der Waals surface area contributed by atoms with Gasteiger partial charge in [0.1, 0.15) is 11.5 Å². The highest BCUT2D eigenvalue weighted by Gasteiger charge is 2.30. The van der Waals surface area contributed by atoms with Crippen LogP contribution in [0.4, 0.5) is 5.69 Å². The first-order valence-corrected chi connectivity index (χ1v) is 12.9. The van der Waals surface area contributed by atoms with Crippen molar-refractivity contribution in [1.29, 1.82) is 0 Å². The topological polar surface area (TPSA) is 97.0 Å². The third kappa shape index (κ3) is 6.97. The molecular formula is C22H27Cl2N3O5S. The largest absolute Gasteiger partial charge is 0.496 e. The highest BCUT2D eigenvalue weighted by Crippen LogP contribution is 2.40. The van der Waals surface area contributed by atoms with Gasteiger partial charge in [-0.3, -0.25) is 9.69 Å². The van der Waals surface area contributed by atoms with Gasteiger partial charge in [-0.1, -0.05) is 37.0 Å². The zero-order chi connectivity index (χ0) is 24.3. The summed E-state index contributed by atoms with van der Waals surface area (Å²) in [5.74, 6) is 1.60. The lowest BCUT2D eigenvalue weighted by molar-refractivity contribution is -0.118. The maximum atomic E-state index is 12.3. The van der Waals surface area contributed by atoms with Gasteiger partial charge in [-0.2, -0.15) is 0 Å². The van der Waals surface area contributed by atoms with Gasteiger partial charge in [0.25, 0.3) is 0 Å². The number of nitrogens with one attached hydrogen (secondary N) is 2. The minimum absolute atomic E-state index is 0.124. The standard InChI is InChI=1S/C22H27Cl2N3O5S/c1-13(2)17-9-16(5-6-20(17)31-3)32-22-18(23)7-14(8-19(22)24)25-21(28)12-27-10-15(11-27)26-33(4,29)30/h5-9,13,15,26H,10-12H2,1-4H3,(H,25,28). The van der Waals surface area contributed by atoms with Gasteiger partial charge in [0.2, 0.25) is 15.9 Å². The predicted octanol–water partition coefficient (Wildman–Crippen LogP) is 4.09. The van der Waals surface area contributed by atoms with Gasteiger partial charge in [-0.25, -0.2) is 13.1 Å². The molecule has 1 amide bonds. The summed E-state index contributed by atoms with van der Waals surface area (Å²) in [6.45, 7) is 5.17. The Hall–Kier alpha value is -2.04. The van der Waals surface area contributed by atoms with Crippen molar-refractivity contribution >= 4 is 44.8 Å². The first-order chi connectivity index (χ1) is 15.4. The molecule has 1 fully saturated rings. The van der Waals surface area contributed by atoms with E-state index >= 15 is 0 Å². The number of hydrogen-bond acceptors (Lipinski definition) is 6. The highest BCUT2D eigenvalue weighted by atomic mass is 35.5. The van der Waals surface area contributed by atoms with Gasteiger partial charge >= 0.3 is 0 Å². The van der Waals surface area contributed by atoms with Crippen LogP contribution in [0.25, 0.3) is 0 Å². The van der Waals surface area contributed by atoms with Crippen LogP contribution in [0.3, 0.4) is 0 Å². The Kier molecular flexibility index (Phi) is 8.13. The van der Waals surface area contributed by atoms with E-state index in [0.29, 0.717) is 24.5 Å². The molecule has 0 radical (unpaired) electrons. The Labute approximate surface area is 204 Å². The van der Waals surface area contributed by atoms with E-state index in [1.54, 1.807) is 25.3 Å². The molecule has 1 aliphatic rings. The Morgan fingerprint density at radius 2 is 1.82 bits per heavy atom. The maximum absolute atomic E-state index is 12.3. The lowest BCUT2D eigenvalue weighted by Crippen LogP contribution is -2.60. The van der Waals surface area contributed by atoms with Crippen molar-refractivity contribution in [2.45, 2.75) is 25.8 Å². The average Bonchev–Trinajstić information content (AvgIpc) is 2.68. The molecule has 0 aromatic heterocycles. The zero-order valence-corrected chi connectivity index (χ0v) is 21.1. The Morgan fingerprint density at radius 3 is 2.36 bits per heavy atom. The van der Waals surface area contributed by atoms with E-state index in [9.17, 15) is 13.2 Å². The van der Waals surface area contributed by atoms with Crippen molar-refractivity contribution in [2.75, 3.05) is 38.3 Å². The monoisotopic (exact) mass is 515 g/mol. The summed E-state index contributed by atoms with van der Waals surface area (Å²) in [6, 6.07) is 8.43. The van der Waals surface area contributed by atoms with Gasteiger partial charge in [0, 0.05) is 30.4 Å². The molecule has 33 heavy (non-hydrogen) atoms. The fourth-order valence-electron chi connectivity index (χ4n) is 3.55. The second kappa shape index (κ2) is 10.5. The van der Waals surface area contributed by atoms with E-state index in [1.165, 1.54) is 0 Å². The van der Waals surface area contributed by atoms with Crippen LogP contribution < -0.4 is 19.5 Å². The second-order valence-electron chi connectivity index (χ2n) is 8.26. The summed E-state index contributed by atoms with van der Waals surface area (Å²) < 4.78 is 36.3. The number of hydrogen-bond donors (Lipinski definition) is 2. The molecule has 1 aliphatic heterocycles. The number of likely N-dealkylation sites (tertiary alicyclic amines) is 1. The first-order valence-electron chi connectivity index (χ1n) is 10.3. The molecule has 2 aromatic carbocycles. The molecule has 180 valence electrons. The molecule has 0 saturated carbocycles. The van der Waals surface area contributed by atoms with E-state index in [2.05, 4.69) is 23.9 Å². The predicted molar refractivity (Wildman–Crippen MR) is 130 cm³/mol. The van der Waals surface area contributed by atoms with E-state index in [1.807, 2.05) is 17.0 Å². The zero-order valence-electron chi connectivity index (χ0n) is 18.8. The number of benzene rings is 2. The number of rotatable bonds is 9. The fraction of sp³-hybridized carbons (Fsp3) is 0.409. The van der Waals surface area contributed by atoms with E-state index in [0.717, 1.165) is 17.6 Å². The van der Waals surface area contributed by atoms with Crippen molar-refractivity contribution in [3.05, 3.63) is 45.9 Å². The number of halogens is 2. The van der Waals surface area contributed by atoms with Crippen molar-refractivity contribution in [3.63, 3.8) is 0 Å². The van der Waals surface area contributed by atoms with Crippen molar-refractivity contribution in [3.8, 4) is 17.2 Å². The number of nitrogens with zero attached hydrogens (tertiary/aromatic N) is 1. The molecule has 0 aliphatic carbocycles. The number of carbonyl (C=O) groups is 1. The Morgan fingerprint density at radius 1 is 1.18 bits per heavy atom. The molecule has 0 atom stereocenters. The Balaban J connectivity index is 1.62. The summed E-state index contributed by atoms with van der Waals surface area (Å²) in [7, 11) is -1.64. The minimum atomic E-state index is -3.26. The number of anilines is 1. The summed E-state index contributed by atoms with van der Waals surface area (Å²) in [6.07, 6.45) is 1.11. The van der Waals surface area contributed by atoms with Gasteiger partial charge < -0.3 is 14.8 Å². The van der Waals surface area contributed by atoms with E-state index in [4.69, 9.17) is 32.7 Å². The molecule has 0 spiro atoms. The molecule has 0 bridgehead atoms. The molecule has 11 heteroatoms. The van der Waals surface area contributed by atoms with Crippen LogP contribution in [0.1, 0.15) is 25.3 Å². The molecular weight excluding hydrogens is 489 g/mol. The van der Waals surface area contributed by atoms with Crippen molar-refractivity contribution < 1.29 is 22.7 Å². The molecule has 1 saturated heterocycles. The molecule has 0 unspecified atom stereocenters. The number of sulfonamides is 1. The van der Waals surface area contributed by atoms with Gasteiger partial charge in [-0.05, 0) is 36.2 Å². The molecule has 2 aromatic rings. The van der Waals surface area contributed by atoms with Crippen molar-refractivity contribution in [2.24, 2.45) is 0 Å². The molecule has 3 rings (SSSR count). The molecule has 1 heterocycles. The lowest BCUT2D eigenvalue weighted by Gasteiger charge is -2.38. The van der Waals surface area contributed by atoms with E-state index < -0.39 is 10.0 Å². The fourth-order valence-corrected chi connectivity index (χ4v) is 4.87. The molecule has 2 N–H and O–H groups in total. The third-order valence-electron chi connectivity index (χ3n) is 5.03. The minimum Gasteiger partial charge on any atom is -0.496 e. The SMILES string of the molecule is COc1ccc(Oc2c(Cl)cc(NC(=O)CN3CC(NS(C)(=O)=O)C3)cc2Cl)cc1C(C)C. The van der Waals surface area contributed by atoms with Gasteiger partial charge in [0.05, 0.1) is 30.0 Å². The molecule has 8 nitrogen and oxygen atoms in total. The summed E-state index contributed by atoms with van der Waals surface area (Å²) in [5.41, 5.74) is 1.43. The van der Waals surface area contributed by atoms with Crippen LogP contribution in [0.5, 0.6) is 17.2 Å². The summed E-state index contributed by atoms with van der Waals surface area (Å²) in [4.78, 5) is 14.2. The number of ether oxygens (including phenoxy) is 2. The normalized spacial score (nSPS) is 14.8. The summed E-state index contributed by atoms with van der Waals surface area (Å²) in [5, 5.41) is 3.26. The quantitative estimate of drug-likeness (QED) is 0.521. The second-order valence-corrected chi connectivity index (χ2v) is 10.9. The number of amides is 1. The van der Waals surface area contributed by atoms with Gasteiger partial charge in [0.15, 0.2) is 5.75 Å².